The minimum absolute atomic E-state index is 0. The summed E-state index contributed by atoms with van der Waals surface area (Å²) in [5, 5.41) is 35.9. The van der Waals surface area contributed by atoms with Crippen molar-refractivity contribution < 1.29 is 71.3 Å². The minimum atomic E-state index is -4.61. The largest absolute Gasteiger partial charge is 1.00 e. The van der Waals surface area contributed by atoms with Crippen molar-refractivity contribution in [1.82, 2.24) is 0 Å². The summed E-state index contributed by atoms with van der Waals surface area (Å²) in [4.78, 5) is 28.0. The second-order valence-electron chi connectivity index (χ2n) is 8.64. The molecular formula is C26H20N6NaO9S2+. The van der Waals surface area contributed by atoms with Gasteiger partial charge in [0, 0.05) is 18.1 Å². The molecule has 0 unspecified atom stereocenters. The van der Waals surface area contributed by atoms with Gasteiger partial charge in [-0.15, -0.1) is 21.1 Å². The van der Waals surface area contributed by atoms with Crippen molar-refractivity contribution in [3.8, 4) is 6.07 Å². The van der Waals surface area contributed by atoms with Gasteiger partial charge in [-0.05, 0) is 46.2 Å². The van der Waals surface area contributed by atoms with Crippen LogP contribution in [0, 0.1) is 11.3 Å². The molecule has 0 saturated heterocycles. The van der Waals surface area contributed by atoms with Crippen LogP contribution in [0.1, 0.15) is 34.8 Å². The molecule has 1 aliphatic carbocycles. The van der Waals surface area contributed by atoms with E-state index < -0.39 is 42.0 Å². The summed E-state index contributed by atoms with van der Waals surface area (Å²) in [6.07, 6.45) is 1.09. The number of carbonyl (C=O) groups is 2. The number of nitrogens with zero attached hydrogens (tertiary/aromatic N) is 6. The van der Waals surface area contributed by atoms with E-state index in [0.29, 0.717) is 0 Å². The molecule has 0 aromatic heterocycles. The maximum absolute atomic E-state index is 13.3. The van der Waals surface area contributed by atoms with E-state index in [1.165, 1.54) is 37.3 Å². The number of rotatable bonds is 8. The van der Waals surface area contributed by atoms with Gasteiger partial charge in [0.05, 0.1) is 21.8 Å². The van der Waals surface area contributed by atoms with Crippen LogP contribution < -0.4 is 34.8 Å². The maximum atomic E-state index is 13.3. The number of benzene rings is 3. The summed E-state index contributed by atoms with van der Waals surface area (Å²) in [7, 11) is -9.10. The summed E-state index contributed by atoms with van der Waals surface area (Å²) in [6.45, 7) is 1.54. The number of hydrogen-bond acceptors (Lipinski definition) is 11. The first-order valence-electron chi connectivity index (χ1n) is 12.0. The van der Waals surface area contributed by atoms with Gasteiger partial charge in [-0.25, -0.2) is 13.4 Å². The molecule has 0 atom stereocenters. The first-order chi connectivity index (χ1) is 20.2. The van der Waals surface area contributed by atoms with Crippen molar-refractivity contribution in [2.45, 2.75) is 23.1 Å². The number of Topliss-reactive ketones (excluding diaryl/α,β-unsaturated/α-hetero) is 1. The van der Waals surface area contributed by atoms with Gasteiger partial charge in [-0.3, -0.25) is 20.0 Å². The zero-order chi connectivity index (χ0) is 31.5. The third-order valence-electron chi connectivity index (χ3n) is 5.82. The van der Waals surface area contributed by atoms with Gasteiger partial charge in [0.1, 0.15) is 27.5 Å². The Morgan fingerprint density at radius 1 is 1.07 bits per heavy atom. The monoisotopic (exact) mass is 647 g/mol. The number of amides is 1. The number of allylic oxidation sites excluding steroid dienone is 1. The van der Waals surface area contributed by atoms with Crippen LogP contribution in [-0.2, 0) is 29.5 Å². The van der Waals surface area contributed by atoms with Crippen LogP contribution >= 0.6 is 0 Å². The number of ketones is 1. The molecule has 1 aliphatic rings. The van der Waals surface area contributed by atoms with Crippen LogP contribution in [0.2, 0.25) is 0 Å². The predicted molar refractivity (Wildman–Crippen MR) is 151 cm³/mol. The fourth-order valence-corrected chi connectivity index (χ4v) is 5.42. The van der Waals surface area contributed by atoms with E-state index in [9.17, 15) is 47.0 Å². The van der Waals surface area contributed by atoms with Crippen LogP contribution in [0.15, 0.2) is 91.8 Å². The number of sulfonamides is 1. The number of hydrogen-bond donors (Lipinski definition) is 4. The number of anilines is 1. The number of azo groups is 1. The second kappa shape index (κ2) is 13.8. The molecule has 0 heterocycles. The average molecular weight is 648 g/mol. The molecule has 4 rings (SSSR count). The summed E-state index contributed by atoms with van der Waals surface area (Å²) >= 11 is 0. The Bertz CT molecular complexity index is 1950. The fraction of sp³-hybridized carbons (Fsp3) is 0.0769. The Labute approximate surface area is 273 Å². The van der Waals surface area contributed by atoms with Gasteiger partial charge >= 0.3 is 40.1 Å². The molecule has 3 aromatic rings. The van der Waals surface area contributed by atoms with Crippen LogP contribution in [0.5, 0.6) is 0 Å². The van der Waals surface area contributed by atoms with Gasteiger partial charge in [-0.1, -0.05) is 31.2 Å². The normalized spacial score (nSPS) is 14.0. The van der Waals surface area contributed by atoms with Gasteiger partial charge in [-0.2, -0.15) is 14.4 Å². The SMILES string of the molecule is CCC(=O)N=C1C=C(N=Nc2ccc(N(O)O)cc2C#N)c2c([N-]S(=O)(=O)c3cccc([S+](=O)(O)O)c3)cccc2C1=O.[Na+]. The summed E-state index contributed by atoms with van der Waals surface area (Å²) in [6, 6.07) is 13.3. The van der Waals surface area contributed by atoms with Crippen LogP contribution in [0.4, 0.5) is 17.1 Å². The summed E-state index contributed by atoms with van der Waals surface area (Å²) in [5.41, 5.74) is -1.30. The Morgan fingerprint density at radius 3 is 2.41 bits per heavy atom. The van der Waals surface area contributed by atoms with E-state index in [-0.39, 0.29) is 86.4 Å². The van der Waals surface area contributed by atoms with Crippen molar-refractivity contribution >= 4 is 60.7 Å². The van der Waals surface area contributed by atoms with Gasteiger partial charge in [0.15, 0.2) is 0 Å². The Morgan fingerprint density at radius 2 is 1.77 bits per heavy atom. The number of fused-ring (bicyclic) bond motifs is 1. The first-order valence-corrected chi connectivity index (χ1v) is 14.9. The van der Waals surface area contributed by atoms with Crippen molar-refractivity contribution in [1.29, 1.82) is 5.26 Å². The van der Waals surface area contributed by atoms with E-state index in [2.05, 4.69) is 19.9 Å². The molecular weight excluding hydrogens is 627 g/mol. The molecule has 220 valence electrons. The van der Waals surface area contributed by atoms with Gasteiger partial charge < -0.3 is 4.72 Å². The zero-order valence-corrected chi connectivity index (χ0v) is 26.5. The second-order valence-corrected chi connectivity index (χ2v) is 11.7. The molecule has 4 N–H and O–H groups in total. The van der Waals surface area contributed by atoms with Gasteiger partial charge in [0.25, 0.3) is 0 Å². The molecule has 44 heavy (non-hydrogen) atoms. The van der Waals surface area contributed by atoms with E-state index in [1.54, 1.807) is 0 Å². The molecule has 0 bridgehead atoms. The molecule has 0 saturated carbocycles. The summed E-state index contributed by atoms with van der Waals surface area (Å²) in [5.74, 6) is -1.35. The Hall–Kier alpha value is -3.96. The van der Waals surface area contributed by atoms with Crippen molar-refractivity contribution in [2.24, 2.45) is 15.2 Å². The third kappa shape index (κ3) is 7.57. The molecule has 1 amide bonds. The fourth-order valence-electron chi connectivity index (χ4n) is 3.77. The summed E-state index contributed by atoms with van der Waals surface area (Å²) < 4.78 is 60.8. The Kier molecular flexibility index (Phi) is 10.8. The van der Waals surface area contributed by atoms with Crippen molar-refractivity contribution in [2.75, 3.05) is 5.23 Å². The molecule has 0 fully saturated rings. The molecule has 0 aliphatic heterocycles. The van der Waals surface area contributed by atoms with E-state index in [4.69, 9.17) is 0 Å². The average Bonchev–Trinajstić information content (AvgIpc) is 2.97. The van der Waals surface area contributed by atoms with E-state index in [0.717, 1.165) is 36.4 Å². The number of nitriles is 1. The van der Waals surface area contributed by atoms with Crippen LogP contribution in [-0.4, -0.2) is 45.3 Å². The van der Waals surface area contributed by atoms with Gasteiger partial charge in [0.2, 0.25) is 16.6 Å². The van der Waals surface area contributed by atoms with Crippen LogP contribution in [0.25, 0.3) is 10.4 Å². The minimum Gasteiger partial charge on any atom is -0.572 e. The molecule has 0 radical (unpaired) electrons. The van der Waals surface area contributed by atoms with Crippen molar-refractivity contribution in [3.63, 3.8) is 0 Å². The number of aliphatic imine (C=N–C) groups is 1. The Balaban J connectivity index is 0.00000529. The maximum Gasteiger partial charge on any atom is 1.00 e. The van der Waals surface area contributed by atoms with E-state index >= 15 is 0 Å². The predicted octanol–water partition coefficient (Wildman–Crippen LogP) is 2.04. The van der Waals surface area contributed by atoms with E-state index in [1.807, 2.05) is 6.07 Å². The zero-order valence-electron chi connectivity index (χ0n) is 22.9. The third-order valence-corrected chi connectivity index (χ3v) is 7.98. The first kappa shape index (κ1) is 34.5. The topological polar surface area (TPSA) is 244 Å². The molecule has 15 nitrogen and oxygen atoms in total. The van der Waals surface area contributed by atoms with Crippen molar-refractivity contribution in [3.05, 3.63) is 88.2 Å². The molecule has 0 spiro atoms. The smallest absolute Gasteiger partial charge is 0.572 e. The quantitative estimate of drug-likeness (QED) is 0.119. The number of carbonyl (C=O) groups excluding carboxylic acids is 2. The van der Waals surface area contributed by atoms with Crippen LogP contribution in [0.3, 0.4) is 0 Å². The standard InChI is InChI=1S/C26H20N6O9S2.Na/c1-2-24(33)28-23-13-22(30-29-20-10-9-16(32(35)36)11-15(20)14-27)25-19(26(23)34)7-4-8-21(25)31-42(37,38)17-5-3-6-18(12-17)43(39,40)41;/h3-13,35-36H,2H2,1H3,(H2-,28,31,33,39,40,41);/q;+1. The molecule has 18 heteroatoms. The molecule has 3 aromatic carbocycles.